The van der Waals surface area contributed by atoms with Crippen molar-refractivity contribution in [3.63, 3.8) is 0 Å². The molecule has 0 bridgehead atoms. The van der Waals surface area contributed by atoms with Crippen molar-refractivity contribution < 1.29 is 31.1 Å². The lowest BCUT2D eigenvalue weighted by Gasteiger charge is -2.37. The van der Waals surface area contributed by atoms with Crippen LogP contribution in [-0.2, 0) is 21.5 Å². The highest BCUT2D eigenvalue weighted by molar-refractivity contribution is 7.90. The molecule has 1 aliphatic heterocycles. The highest BCUT2D eigenvalue weighted by Crippen LogP contribution is 2.27. The largest absolute Gasteiger partial charge is 0.444 e. The third kappa shape index (κ3) is 6.30. The molecular formula is C26H29F2N7O5S. The molecule has 0 N–H and O–H groups in total. The summed E-state index contributed by atoms with van der Waals surface area (Å²) in [5.41, 5.74) is 1.07. The van der Waals surface area contributed by atoms with Crippen LogP contribution in [0.3, 0.4) is 0 Å². The smallest absolute Gasteiger partial charge is 0.410 e. The number of pyridine rings is 1. The Bertz CT molecular complexity index is 1630. The van der Waals surface area contributed by atoms with Crippen LogP contribution in [0.5, 0.6) is 0 Å². The summed E-state index contributed by atoms with van der Waals surface area (Å²) in [6.45, 7) is 5.83. The second-order valence-corrected chi connectivity index (χ2v) is 12.2. The fourth-order valence-corrected chi connectivity index (χ4v) is 5.88. The lowest BCUT2D eigenvalue weighted by Crippen LogP contribution is -2.54. The molecule has 3 aromatic heterocycles. The number of hydrogen-bond acceptors (Lipinski definition) is 8. The van der Waals surface area contributed by atoms with Crippen molar-refractivity contribution in [2.75, 3.05) is 30.5 Å². The molecule has 0 radical (unpaired) electrons. The lowest BCUT2D eigenvalue weighted by atomic mass is 10.2. The van der Waals surface area contributed by atoms with Crippen LogP contribution in [0.25, 0.3) is 17.1 Å². The molecule has 41 heavy (non-hydrogen) atoms. The number of carbonyl (C=O) groups excluding carboxylic acids is 1. The van der Waals surface area contributed by atoms with Crippen LogP contribution >= 0.6 is 0 Å². The summed E-state index contributed by atoms with van der Waals surface area (Å²) in [5.74, 6) is -0.856. The summed E-state index contributed by atoms with van der Waals surface area (Å²) in [4.78, 5) is 18.5. The van der Waals surface area contributed by atoms with Crippen molar-refractivity contribution >= 4 is 27.6 Å². The molecule has 1 saturated heterocycles. The molecule has 218 valence electrons. The minimum absolute atomic E-state index is 0.0774. The summed E-state index contributed by atoms with van der Waals surface area (Å²) >= 11 is 0. The Morgan fingerprint density at radius 2 is 1.80 bits per heavy atom. The number of imidazole rings is 1. The van der Waals surface area contributed by atoms with Gasteiger partial charge in [0.05, 0.1) is 17.9 Å². The molecule has 0 spiro atoms. The van der Waals surface area contributed by atoms with Crippen molar-refractivity contribution in [3.05, 3.63) is 66.4 Å². The average molecular weight is 590 g/mol. The Labute approximate surface area is 235 Å². The standard InChI is InChI=1S/C26H29F2N7O5S/c1-26(2,3)40-25(36)32-11-13-34(14-12-32)41(37,38)35(20-7-5-4-6-8-20)17-19-16-33-10-9-18(15-21(33)29-19)23-30-31-24(39-23)22(27)28/h4-10,15-16,22H,11-14,17H2,1-3H3. The fourth-order valence-electron chi connectivity index (χ4n) is 4.30. The highest BCUT2D eigenvalue weighted by atomic mass is 32.2. The maximum absolute atomic E-state index is 13.9. The van der Waals surface area contributed by atoms with Gasteiger partial charge in [0.1, 0.15) is 11.2 Å². The van der Waals surface area contributed by atoms with E-state index >= 15 is 0 Å². The van der Waals surface area contributed by atoms with E-state index in [1.165, 1.54) is 13.5 Å². The topological polar surface area (TPSA) is 126 Å². The summed E-state index contributed by atoms with van der Waals surface area (Å²) in [6, 6.07) is 11.9. The van der Waals surface area contributed by atoms with Crippen LogP contribution in [-0.4, -0.2) is 75.1 Å². The molecule has 1 aliphatic rings. The van der Waals surface area contributed by atoms with Crippen LogP contribution in [0.4, 0.5) is 19.3 Å². The minimum Gasteiger partial charge on any atom is -0.444 e. The highest BCUT2D eigenvalue weighted by Gasteiger charge is 2.35. The van der Waals surface area contributed by atoms with E-state index in [0.29, 0.717) is 22.6 Å². The molecule has 0 saturated carbocycles. The van der Waals surface area contributed by atoms with Gasteiger partial charge >= 0.3 is 22.7 Å². The zero-order valence-electron chi connectivity index (χ0n) is 22.6. The third-order valence-corrected chi connectivity index (χ3v) is 8.14. The zero-order valence-corrected chi connectivity index (χ0v) is 23.5. The molecule has 0 atom stereocenters. The van der Waals surface area contributed by atoms with Gasteiger partial charge < -0.3 is 18.5 Å². The molecule has 4 aromatic rings. The van der Waals surface area contributed by atoms with Gasteiger partial charge in [-0.2, -0.15) is 21.5 Å². The molecule has 15 heteroatoms. The van der Waals surface area contributed by atoms with Crippen LogP contribution in [0.1, 0.15) is 38.8 Å². The molecule has 4 heterocycles. The van der Waals surface area contributed by atoms with Gasteiger partial charge in [0.15, 0.2) is 0 Å². The third-order valence-electron chi connectivity index (χ3n) is 6.23. The number of aromatic nitrogens is 4. The predicted molar refractivity (Wildman–Crippen MR) is 144 cm³/mol. The Hall–Kier alpha value is -4.11. The van der Waals surface area contributed by atoms with Gasteiger partial charge in [0, 0.05) is 44.1 Å². The number of amides is 1. The Balaban J connectivity index is 1.37. The number of hydrogen-bond donors (Lipinski definition) is 0. The molecule has 1 aromatic carbocycles. The number of halogens is 2. The molecule has 12 nitrogen and oxygen atoms in total. The number of fused-ring (bicyclic) bond motifs is 1. The Morgan fingerprint density at radius 3 is 2.44 bits per heavy atom. The van der Waals surface area contributed by atoms with Crippen LogP contribution in [0.15, 0.2) is 59.3 Å². The van der Waals surface area contributed by atoms with E-state index in [1.807, 2.05) is 0 Å². The number of piperazine rings is 1. The number of benzene rings is 1. The number of nitrogens with zero attached hydrogens (tertiary/aromatic N) is 7. The zero-order chi connectivity index (χ0) is 29.4. The molecule has 1 amide bonds. The number of anilines is 1. The number of para-hydroxylation sites is 1. The second-order valence-electron chi connectivity index (χ2n) is 10.4. The van der Waals surface area contributed by atoms with E-state index in [0.717, 1.165) is 0 Å². The summed E-state index contributed by atoms with van der Waals surface area (Å²) in [5, 5.41) is 7.02. The number of rotatable bonds is 7. The maximum atomic E-state index is 13.9. The van der Waals surface area contributed by atoms with Gasteiger partial charge in [-0.25, -0.2) is 9.78 Å². The minimum atomic E-state index is -4.02. The first-order valence-corrected chi connectivity index (χ1v) is 14.2. The second kappa shape index (κ2) is 11.0. The fraction of sp³-hybridized carbons (Fsp3) is 0.385. The lowest BCUT2D eigenvalue weighted by molar-refractivity contribution is 0.0192. The molecular weight excluding hydrogens is 560 g/mol. The van der Waals surface area contributed by atoms with Crippen molar-refractivity contribution in [1.82, 2.24) is 28.8 Å². The van der Waals surface area contributed by atoms with E-state index in [2.05, 4.69) is 15.2 Å². The molecule has 5 rings (SSSR count). The van der Waals surface area contributed by atoms with E-state index in [-0.39, 0.29) is 38.6 Å². The van der Waals surface area contributed by atoms with Gasteiger partial charge in [-0.05, 0) is 45.0 Å². The number of ether oxygens (including phenoxy) is 1. The normalized spacial score (nSPS) is 15.0. The Morgan fingerprint density at radius 1 is 1.10 bits per heavy atom. The van der Waals surface area contributed by atoms with E-state index in [4.69, 9.17) is 9.15 Å². The van der Waals surface area contributed by atoms with Gasteiger partial charge in [0.2, 0.25) is 5.89 Å². The van der Waals surface area contributed by atoms with Crippen molar-refractivity contribution in [2.45, 2.75) is 39.3 Å². The first kappa shape index (κ1) is 28.4. The first-order chi connectivity index (χ1) is 19.4. The van der Waals surface area contributed by atoms with E-state index in [9.17, 15) is 22.0 Å². The van der Waals surface area contributed by atoms with E-state index in [1.54, 1.807) is 80.0 Å². The van der Waals surface area contributed by atoms with E-state index < -0.39 is 34.2 Å². The van der Waals surface area contributed by atoms with Gasteiger partial charge in [0.25, 0.3) is 5.89 Å². The first-order valence-electron chi connectivity index (χ1n) is 12.8. The van der Waals surface area contributed by atoms with Crippen LogP contribution in [0, 0.1) is 0 Å². The van der Waals surface area contributed by atoms with Crippen LogP contribution in [0.2, 0.25) is 0 Å². The quantitative estimate of drug-likeness (QED) is 0.315. The van der Waals surface area contributed by atoms with Gasteiger partial charge in [-0.15, -0.1) is 10.2 Å². The maximum Gasteiger partial charge on any atom is 0.410 e. The molecule has 0 unspecified atom stereocenters. The van der Waals surface area contributed by atoms with Crippen molar-refractivity contribution in [2.24, 2.45) is 0 Å². The van der Waals surface area contributed by atoms with Crippen molar-refractivity contribution in [3.8, 4) is 11.5 Å². The number of carbonyl (C=O) groups is 1. The summed E-state index contributed by atoms with van der Waals surface area (Å²) < 4.78 is 68.3. The van der Waals surface area contributed by atoms with Gasteiger partial charge in [-0.3, -0.25) is 4.31 Å². The van der Waals surface area contributed by atoms with Crippen molar-refractivity contribution in [1.29, 1.82) is 0 Å². The molecule has 0 aliphatic carbocycles. The molecule has 1 fully saturated rings. The monoisotopic (exact) mass is 589 g/mol. The average Bonchev–Trinajstić information content (AvgIpc) is 3.58. The summed E-state index contributed by atoms with van der Waals surface area (Å²) in [7, 11) is -4.02. The van der Waals surface area contributed by atoms with Crippen LogP contribution < -0.4 is 4.31 Å². The SMILES string of the molecule is CC(C)(C)OC(=O)N1CCN(S(=O)(=O)N(Cc2cn3ccc(-c4nnc(C(F)F)o4)cc3n2)c2ccccc2)CC1. The predicted octanol–water partition coefficient (Wildman–Crippen LogP) is 4.13. The number of alkyl halides is 2. The summed E-state index contributed by atoms with van der Waals surface area (Å²) in [6.07, 6.45) is -0.0395. The van der Waals surface area contributed by atoms with Gasteiger partial charge in [-0.1, -0.05) is 18.2 Å². The Kier molecular flexibility index (Phi) is 7.66.